The molecule has 0 radical (unpaired) electrons. The molecule has 1 heterocycles. The summed E-state index contributed by atoms with van der Waals surface area (Å²) in [4.78, 5) is 11.3. The molecule has 19 heavy (non-hydrogen) atoms. The highest BCUT2D eigenvalue weighted by molar-refractivity contribution is 9.10. The van der Waals surface area contributed by atoms with Crippen LogP contribution in [0.4, 0.5) is 0 Å². The summed E-state index contributed by atoms with van der Waals surface area (Å²) < 4.78 is 2.62. The lowest BCUT2D eigenvalue weighted by atomic mass is 10.1. The molecule has 0 bridgehead atoms. The molecule has 0 atom stereocenters. The highest BCUT2D eigenvalue weighted by atomic mass is 79.9. The summed E-state index contributed by atoms with van der Waals surface area (Å²) in [5, 5.41) is 13.7. The van der Waals surface area contributed by atoms with Gasteiger partial charge in [0.2, 0.25) is 0 Å². The molecule has 0 aliphatic heterocycles. The van der Waals surface area contributed by atoms with Crippen molar-refractivity contribution in [1.82, 2.24) is 9.78 Å². The number of rotatable bonds is 5. The van der Waals surface area contributed by atoms with Crippen LogP contribution in [0.25, 0.3) is 11.3 Å². The first kappa shape index (κ1) is 13.8. The highest BCUT2D eigenvalue weighted by Crippen LogP contribution is 2.25. The van der Waals surface area contributed by atoms with Crippen molar-refractivity contribution < 1.29 is 9.90 Å². The van der Waals surface area contributed by atoms with Gasteiger partial charge >= 0.3 is 5.97 Å². The second kappa shape index (κ2) is 6.02. The monoisotopic (exact) mass is 322 g/mol. The van der Waals surface area contributed by atoms with Gasteiger partial charge in [-0.25, -0.2) is 4.79 Å². The third-order valence-electron chi connectivity index (χ3n) is 2.83. The Morgan fingerprint density at radius 2 is 2.26 bits per heavy atom. The minimum Gasteiger partial charge on any atom is -0.478 e. The summed E-state index contributed by atoms with van der Waals surface area (Å²) in [5.74, 6) is -0.947. The van der Waals surface area contributed by atoms with E-state index in [2.05, 4.69) is 28.0 Å². The zero-order chi connectivity index (χ0) is 13.8. The Bertz CT molecular complexity index is 593. The molecule has 0 saturated heterocycles. The quantitative estimate of drug-likeness (QED) is 0.910. The molecule has 5 heteroatoms. The molecule has 0 amide bonds. The molecule has 1 aromatic carbocycles. The maximum atomic E-state index is 11.3. The molecule has 0 aliphatic carbocycles. The van der Waals surface area contributed by atoms with Crippen molar-refractivity contribution in [2.75, 3.05) is 0 Å². The van der Waals surface area contributed by atoms with Gasteiger partial charge in [-0.3, -0.25) is 4.68 Å². The van der Waals surface area contributed by atoms with Gasteiger partial charge in [-0.1, -0.05) is 41.4 Å². The van der Waals surface area contributed by atoms with Crippen LogP contribution in [0, 0.1) is 0 Å². The van der Waals surface area contributed by atoms with Crippen LogP contribution in [-0.4, -0.2) is 20.9 Å². The number of nitrogens with zero attached hydrogens (tertiary/aromatic N) is 2. The number of aromatic carboxylic acids is 1. The topological polar surface area (TPSA) is 55.1 Å². The minimum atomic E-state index is -0.947. The molecule has 1 aromatic heterocycles. The van der Waals surface area contributed by atoms with Crippen molar-refractivity contribution in [1.29, 1.82) is 0 Å². The Hall–Kier alpha value is -1.62. The van der Waals surface area contributed by atoms with Crippen LogP contribution in [0.15, 0.2) is 34.9 Å². The molecule has 0 aliphatic rings. The second-order valence-electron chi connectivity index (χ2n) is 4.32. The lowest BCUT2D eigenvalue weighted by Gasteiger charge is -2.00. The third kappa shape index (κ3) is 3.23. The van der Waals surface area contributed by atoms with Crippen molar-refractivity contribution in [3.63, 3.8) is 0 Å². The molecular weight excluding hydrogens is 308 g/mol. The van der Waals surface area contributed by atoms with Gasteiger partial charge in [0.05, 0.1) is 0 Å². The van der Waals surface area contributed by atoms with Gasteiger partial charge in [-0.2, -0.15) is 5.10 Å². The van der Waals surface area contributed by atoms with Crippen LogP contribution >= 0.6 is 15.9 Å². The fourth-order valence-electron chi connectivity index (χ4n) is 1.86. The second-order valence-corrected chi connectivity index (χ2v) is 5.24. The number of benzene rings is 1. The molecule has 2 rings (SSSR count). The number of aryl methyl sites for hydroxylation is 1. The van der Waals surface area contributed by atoms with E-state index in [9.17, 15) is 9.90 Å². The van der Waals surface area contributed by atoms with E-state index in [0.717, 1.165) is 29.4 Å². The number of hydrogen-bond donors (Lipinski definition) is 1. The normalized spacial score (nSPS) is 10.6. The Morgan fingerprint density at radius 3 is 2.89 bits per heavy atom. The molecule has 0 unspecified atom stereocenters. The fraction of sp³-hybridized carbons (Fsp3) is 0.286. The first-order chi connectivity index (χ1) is 9.11. The summed E-state index contributed by atoms with van der Waals surface area (Å²) in [6.07, 6.45) is 3.64. The van der Waals surface area contributed by atoms with Gasteiger partial charge in [0.15, 0.2) is 0 Å². The van der Waals surface area contributed by atoms with Gasteiger partial charge in [-0.15, -0.1) is 0 Å². The highest BCUT2D eigenvalue weighted by Gasteiger charge is 2.17. The smallest absolute Gasteiger partial charge is 0.339 e. The van der Waals surface area contributed by atoms with Gasteiger partial charge in [0, 0.05) is 22.8 Å². The maximum absolute atomic E-state index is 11.3. The molecular formula is C14H15BrN2O2. The van der Waals surface area contributed by atoms with Crippen LogP contribution in [-0.2, 0) is 6.54 Å². The molecule has 2 aromatic rings. The molecule has 4 nitrogen and oxygen atoms in total. The van der Waals surface area contributed by atoms with Crippen LogP contribution in [0.1, 0.15) is 30.1 Å². The van der Waals surface area contributed by atoms with Crippen molar-refractivity contribution >= 4 is 21.9 Å². The largest absolute Gasteiger partial charge is 0.478 e. The fourth-order valence-corrected chi connectivity index (χ4v) is 2.26. The van der Waals surface area contributed by atoms with E-state index >= 15 is 0 Å². The summed E-state index contributed by atoms with van der Waals surface area (Å²) in [6.45, 7) is 2.83. The average molecular weight is 323 g/mol. The lowest BCUT2D eigenvalue weighted by Crippen LogP contribution is -1.98. The Balaban J connectivity index is 2.43. The first-order valence-electron chi connectivity index (χ1n) is 6.18. The number of aromatic nitrogens is 2. The molecule has 0 fully saturated rings. The summed E-state index contributed by atoms with van der Waals surface area (Å²) in [7, 11) is 0. The lowest BCUT2D eigenvalue weighted by molar-refractivity contribution is 0.0697. The Morgan fingerprint density at radius 1 is 1.47 bits per heavy atom. The molecule has 0 spiro atoms. The summed E-state index contributed by atoms with van der Waals surface area (Å²) in [6, 6.07) is 7.51. The zero-order valence-electron chi connectivity index (χ0n) is 10.6. The van der Waals surface area contributed by atoms with E-state index in [-0.39, 0.29) is 5.56 Å². The predicted octanol–water partition coefficient (Wildman–Crippen LogP) is 3.81. The average Bonchev–Trinajstić information content (AvgIpc) is 2.80. The van der Waals surface area contributed by atoms with E-state index in [4.69, 9.17) is 0 Å². The number of carbonyl (C=O) groups is 1. The van der Waals surface area contributed by atoms with E-state index < -0.39 is 5.97 Å². The number of halogens is 1. The van der Waals surface area contributed by atoms with Gasteiger partial charge in [0.1, 0.15) is 11.3 Å². The van der Waals surface area contributed by atoms with Crippen molar-refractivity contribution in [3.8, 4) is 11.3 Å². The standard InChI is InChI=1S/C14H15BrN2O2/c1-2-3-7-17-9-12(14(18)19)13(16-17)10-5-4-6-11(15)8-10/h4-6,8-9H,2-3,7H2,1H3,(H,18,19). The van der Waals surface area contributed by atoms with Crippen LogP contribution < -0.4 is 0 Å². The van der Waals surface area contributed by atoms with Crippen LogP contribution in [0.2, 0.25) is 0 Å². The minimum absolute atomic E-state index is 0.245. The van der Waals surface area contributed by atoms with Gasteiger partial charge in [0.25, 0.3) is 0 Å². The summed E-state index contributed by atoms with van der Waals surface area (Å²) >= 11 is 3.39. The first-order valence-corrected chi connectivity index (χ1v) is 6.97. The van der Waals surface area contributed by atoms with E-state index in [1.165, 1.54) is 0 Å². The van der Waals surface area contributed by atoms with E-state index in [1.54, 1.807) is 10.9 Å². The molecule has 1 N–H and O–H groups in total. The number of unbranched alkanes of at least 4 members (excludes halogenated alkanes) is 1. The van der Waals surface area contributed by atoms with E-state index in [0.29, 0.717) is 5.69 Å². The number of hydrogen-bond acceptors (Lipinski definition) is 2. The molecule has 100 valence electrons. The number of carboxylic acid groups (broad SMARTS) is 1. The SMILES string of the molecule is CCCCn1cc(C(=O)O)c(-c2cccc(Br)c2)n1. The Kier molecular flexibility index (Phi) is 4.37. The van der Waals surface area contributed by atoms with Crippen molar-refractivity contribution in [2.45, 2.75) is 26.3 Å². The van der Waals surface area contributed by atoms with Gasteiger partial charge in [-0.05, 0) is 18.6 Å². The van der Waals surface area contributed by atoms with Crippen LogP contribution in [0.5, 0.6) is 0 Å². The van der Waals surface area contributed by atoms with Crippen LogP contribution in [0.3, 0.4) is 0 Å². The zero-order valence-corrected chi connectivity index (χ0v) is 12.2. The number of carboxylic acids is 1. The Labute approximate surface area is 120 Å². The predicted molar refractivity (Wildman–Crippen MR) is 77.2 cm³/mol. The maximum Gasteiger partial charge on any atom is 0.339 e. The van der Waals surface area contributed by atoms with E-state index in [1.807, 2.05) is 24.3 Å². The molecule has 0 saturated carbocycles. The van der Waals surface area contributed by atoms with Crippen molar-refractivity contribution in [2.24, 2.45) is 0 Å². The summed E-state index contributed by atoms with van der Waals surface area (Å²) in [5.41, 5.74) is 1.57. The van der Waals surface area contributed by atoms with Gasteiger partial charge < -0.3 is 5.11 Å². The third-order valence-corrected chi connectivity index (χ3v) is 3.32. The van der Waals surface area contributed by atoms with Crippen molar-refractivity contribution in [3.05, 3.63) is 40.5 Å².